The third-order valence-electron chi connectivity index (χ3n) is 6.03. The van der Waals surface area contributed by atoms with Gasteiger partial charge in [-0.05, 0) is 48.7 Å². The summed E-state index contributed by atoms with van der Waals surface area (Å²) in [5.74, 6) is -0.703. The fourth-order valence-corrected chi connectivity index (χ4v) is 5.47. The molecule has 2 amide bonds. The van der Waals surface area contributed by atoms with E-state index in [9.17, 15) is 9.59 Å². The molecule has 1 heterocycles. The fraction of sp³-hybridized carbons (Fsp3) is 0.259. The van der Waals surface area contributed by atoms with Gasteiger partial charge < -0.3 is 10.2 Å². The number of aryl methyl sites for hydroxylation is 2. The highest BCUT2D eigenvalue weighted by molar-refractivity contribution is 8.01. The van der Waals surface area contributed by atoms with Crippen LogP contribution < -0.4 is 10.2 Å². The molecule has 2 atom stereocenters. The average Bonchev–Trinajstić information content (AvgIpc) is 2.81. The number of nitrogens with zero attached hydrogens (tertiary/aromatic N) is 1. The molecule has 0 fully saturated rings. The number of anilines is 1. The number of carbonyl (C=O) groups excluding carboxylic acids is 2. The number of amides is 2. The fourth-order valence-electron chi connectivity index (χ4n) is 3.98. The molecular weight excluding hydrogens is 452 g/mol. The topological polar surface area (TPSA) is 49.4 Å². The maximum absolute atomic E-state index is 13.7. The van der Waals surface area contributed by atoms with Gasteiger partial charge in [-0.1, -0.05) is 72.6 Å². The van der Waals surface area contributed by atoms with Crippen molar-refractivity contribution in [2.75, 3.05) is 4.90 Å². The van der Waals surface area contributed by atoms with Gasteiger partial charge in [0.2, 0.25) is 11.8 Å². The lowest BCUT2D eigenvalue weighted by molar-refractivity contribution is -0.128. The Morgan fingerprint density at radius 2 is 1.79 bits per heavy atom. The zero-order valence-electron chi connectivity index (χ0n) is 19.0. The highest BCUT2D eigenvalue weighted by Crippen LogP contribution is 2.42. The van der Waals surface area contributed by atoms with Crippen molar-refractivity contribution < 1.29 is 9.59 Å². The average molecular weight is 479 g/mol. The number of halogens is 1. The van der Waals surface area contributed by atoms with Gasteiger partial charge in [0.25, 0.3) is 0 Å². The lowest BCUT2D eigenvalue weighted by atomic mass is 10.0. The van der Waals surface area contributed by atoms with E-state index in [1.165, 1.54) is 11.8 Å². The first kappa shape index (κ1) is 23.4. The predicted molar refractivity (Wildman–Crippen MR) is 136 cm³/mol. The molecule has 3 aromatic rings. The summed E-state index contributed by atoms with van der Waals surface area (Å²) in [4.78, 5) is 29.5. The van der Waals surface area contributed by atoms with E-state index in [4.69, 9.17) is 11.6 Å². The molecule has 6 heteroatoms. The Morgan fingerprint density at radius 3 is 2.58 bits per heavy atom. The number of para-hydroxylation sites is 1. The molecule has 0 saturated heterocycles. The Labute approximate surface area is 204 Å². The van der Waals surface area contributed by atoms with Crippen LogP contribution in [0.4, 0.5) is 5.69 Å². The Balaban J connectivity index is 1.56. The van der Waals surface area contributed by atoms with Crippen LogP contribution in [0, 0.1) is 19.8 Å². The van der Waals surface area contributed by atoms with Crippen molar-refractivity contribution in [3.8, 4) is 0 Å². The molecule has 0 bridgehead atoms. The van der Waals surface area contributed by atoms with Gasteiger partial charge in [0, 0.05) is 16.5 Å². The summed E-state index contributed by atoms with van der Waals surface area (Å²) in [6.07, 6.45) is 0. The smallest absolute Gasteiger partial charge is 0.241 e. The lowest BCUT2D eigenvalue weighted by Crippen LogP contribution is -2.47. The van der Waals surface area contributed by atoms with Crippen LogP contribution in [0.5, 0.6) is 0 Å². The molecule has 0 unspecified atom stereocenters. The van der Waals surface area contributed by atoms with E-state index in [1.807, 2.05) is 54.3 Å². The standard InChI is InChI=1S/C27H27ClN2O2S/c1-17-12-13-18(2)21(14-17)16-30-23-10-6-7-11-24(23)33-25(27(30)32)19(3)26(31)29-15-20-8-4-5-9-22(20)28/h4-14,19,25H,15-16H2,1-3H3,(H,29,31)/t19-,25-/m1/s1. The van der Waals surface area contributed by atoms with Gasteiger partial charge in [-0.25, -0.2) is 0 Å². The number of fused-ring (bicyclic) bond motifs is 1. The number of thioether (sulfide) groups is 1. The maximum Gasteiger partial charge on any atom is 0.241 e. The van der Waals surface area contributed by atoms with E-state index in [2.05, 4.69) is 37.4 Å². The van der Waals surface area contributed by atoms with Crippen molar-refractivity contribution in [1.82, 2.24) is 5.32 Å². The van der Waals surface area contributed by atoms with Crippen molar-refractivity contribution in [3.05, 3.63) is 94.0 Å². The van der Waals surface area contributed by atoms with E-state index < -0.39 is 11.2 Å². The van der Waals surface area contributed by atoms with Crippen LogP contribution in [0.3, 0.4) is 0 Å². The van der Waals surface area contributed by atoms with Crippen molar-refractivity contribution in [2.45, 2.75) is 44.0 Å². The Morgan fingerprint density at radius 1 is 1.06 bits per heavy atom. The summed E-state index contributed by atoms with van der Waals surface area (Å²) in [6, 6.07) is 21.6. The van der Waals surface area contributed by atoms with Crippen LogP contribution >= 0.6 is 23.4 Å². The molecule has 33 heavy (non-hydrogen) atoms. The van der Waals surface area contributed by atoms with Crippen LogP contribution in [-0.4, -0.2) is 17.1 Å². The number of benzene rings is 3. The first-order valence-electron chi connectivity index (χ1n) is 11.0. The first-order chi connectivity index (χ1) is 15.8. The third-order valence-corrected chi connectivity index (χ3v) is 7.86. The van der Waals surface area contributed by atoms with Gasteiger partial charge in [0.05, 0.1) is 18.2 Å². The highest BCUT2D eigenvalue weighted by Gasteiger charge is 2.39. The number of nitrogens with one attached hydrogen (secondary N) is 1. The van der Waals surface area contributed by atoms with Crippen LogP contribution in [0.2, 0.25) is 5.02 Å². The number of hydrogen-bond donors (Lipinski definition) is 1. The Hall–Kier alpha value is -2.76. The van der Waals surface area contributed by atoms with E-state index in [-0.39, 0.29) is 11.8 Å². The summed E-state index contributed by atoms with van der Waals surface area (Å²) in [5.41, 5.74) is 5.16. The summed E-state index contributed by atoms with van der Waals surface area (Å²) in [7, 11) is 0. The first-order valence-corrected chi connectivity index (χ1v) is 12.2. The molecule has 0 aliphatic carbocycles. The van der Waals surface area contributed by atoms with Crippen LogP contribution in [-0.2, 0) is 22.7 Å². The van der Waals surface area contributed by atoms with Gasteiger partial charge in [-0.3, -0.25) is 9.59 Å². The summed E-state index contributed by atoms with van der Waals surface area (Å²) < 4.78 is 0. The largest absolute Gasteiger partial charge is 0.352 e. The summed E-state index contributed by atoms with van der Waals surface area (Å²) in [6.45, 7) is 6.75. The molecule has 0 spiro atoms. The molecule has 0 saturated carbocycles. The Kier molecular flexibility index (Phi) is 7.11. The normalized spacial score (nSPS) is 16.3. The monoisotopic (exact) mass is 478 g/mol. The zero-order valence-corrected chi connectivity index (χ0v) is 20.5. The van der Waals surface area contributed by atoms with Crippen LogP contribution in [0.25, 0.3) is 0 Å². The zero-order chi connectivity index (χ0) is 23.5. The number of carbonyl (C=O) groups is 2. The minimum atomic E-state index is -0.503. The molecule has 0 aromatic heterocycles. The van der Waals surface area contributed by atoms with Gasteiger partial charge in [-0.2, -0.15) is 0 Å². The molecule has 0 radical (unpaired) electrons. The minimum Gasteiger partial charge on any atom is -0.352 e. The van der Waals surface area contributed by atoms with Gasteiger partial charge in [0.15, 0.2) is 0 Å². The highest BCUT2D eigenvalue weighted by atomic mass is 35.5. The SMILES string of the molecule is Cc1ccc(C)c(CN2C(=O)[C@@H]([C@@H](C)C(=O)NCc3ccccc3Cl)Sc3ccccc32)c1. The van der Waals surface area contributed by atoms with Crippen molar-refractivity contribution in [2.24, 2.45) is 5.92 Å². The van der Waals surface area contributed by atoms with Gasteiger partial charge >= 0.3 is 0 Å². The third kappa shape index (κ3) is 5.10. The van der Waals surface area contributed by atoms with E-state index in [1.54, 1.807) is 6.07 Å². The Bertz CT molecular complexity index is 1200. The van der Waals surface area contributed by atoms with Crippen LogP contribution in [0.1, 0.15) is 29.2 Å². The van der Waals surface area contributed by atoms with Crippen molar-refractivity contribution >= 4 is 40.9 Å². The molecule has 170 valence electrons. The summed E-state index contributed by atoms with van der Waals surface area (Å²) in [5, 5.41) is 3.06. The molecule has 3 aromatic carbocycles. The molecule has 1 N–H and O–H groups in total. The van der Waals surface area contributed by atoms with E-state index in [0.29, 0.717) is 18.1 Å². The minimum absolute atomic E-state index is 0.0417. The predicted octanol–water partition coefficient (Wildman–Crippen LogP) is 5.92. The molecule has 4 rings (SSSR count). The van der Waals surface area contributed by atoms with Crippen molar-refractivity contribution in [1.29, 1.82) is 0 Å². The number of rotatable bonds is 6. The van der Waals surface area contributed by atoms with Gasteiger partial charge in [0.1, 0.15) is 5.25 Å². The maximum atomic E-state index is 13.7. The molecular formula is C27H27ClN2O2S. The molecule has 1 aliphatic rings. The molecule has 4 nitrogen and oxygen atoms in total. The lowest BCUT2D eigenvalue weighted by Gasteiger charge is -2.36. The van der Waals surface area contributed by atoms with E-state index >= 15 is 0 Å². The van der Waals surface area contributed by atoms with Crippen LogP contribution in [0.15, 0.2) is 71.6 Å². The second-order valence-electron chi connectivity index (χ2n) is 8.46. The van der Waals surface area contributed by atoms with Crippen molar-refractivity contribution in [3.63, 3.8) is 0 Å². The van der Waals surface area contributed by atoms with Gasteiger partial charge in [-0.15, -0.1) is 11.8 Å². The summed E-state index contributed by atoms with van der Waals surface area (Å²) >= 11 is 7.69. The second kappa shape index (κ2) is 10.0. The quantitative estimate of drug-likeness (QED) is 0.478. The molecule has 1 aliphatic heterocycles. The van der Waals surface area contributed by atoms with E-state index in [0.717, 1.165) is 32.8 Å². The number of hydrogen-bond acceptors (Lipinski definition) is 3. The second-order valence-corrected chi connectivity index (χ2v) is 10.0.